The fraction of sp³-hybridized carbons (Fsp3) is 0.250. The second kappa shape index (κ2) is 17.7. The molecule has 4 aromatic rings. The Morgan fingerprint density at radius 3 is 2.11 bits per heavy atom. The van der Waals surface area contributed by atoms with Gasteiger partial charge in [-0.25, -0.2) is 0 Å². The number of guanidine groups is 1. The van der Waals surface area contributed by atoms with Gasteiger partial charge in [-0.3, -0.25) is 29.7 Å². The molecule has 0 fully saturated rings. The van der Waals surface area contributed by atoms with Crippen molar-refractivity contribution in [2.45, 2.75) is 37.8 Å². The highest BCUT2D eigenvalue weighted by Crippen LogP contribution is 2.25. The molecule has 1 atom stereocenters. The van der Waals surface area contributed by atoms with Crippen LogP contribution in [-0.2, 0) is 20.9 Å². The van der Waals surface area contributed by atoms with Crippen molar-refractivity contribution in [1.82, 2.24) is 20.9 Å². The molecule has 11 heteroatoms. The number of aliphatic imine (C=N–C) groups is 1. The van der Waals surface area contributed by atoms with Crippen LogP contribution in [0, 0.1) is 0 Å². The summed E-state index contributed by atoms with van der Waals surface area (Å²) in [4.78, 5) is 49.9. The normalized spacial score (nSPS) is 11.8. The Labute approximate surface area is 274 Å². The average Bonchev–Trinajstić information content (AvgIpc) is 3.09. The monoisotopic (exact) mass is 635 g/mol. The molecule has 1 aromatic heterocycles. The maximum atomic E-state index is 13.8. The number of carbonyl (C=O) groups is 3. The third kappa shape index (κ3) is 11.0. The van der Waals surface area contributed by atoms with Gasteiger partial charge in [0.15, 0.2) is 5.96 Å². The Kier molecular flexibility index (Phi) is 12.9. The number of hydrogen-bond donors (Lipinski definition) is 5. The van der Waals surface area contributed by atoms with Gasteiger partial charge in [0, 0.05) is 51.2 Å². The zero-order valence-electron chi connectivity index (χ0n) is 26.4. The third-order valence-corrected chi connectivity index (χ3v) is 7.54. The fourth-order valence-corrected chi connectivity index (χ4v) is 4.97. The highest BCUT2D eigenvalue weighted by atomic mass is 16.3. The van der Waals surface area contributed by atoms with Gasteiger partial charge in [0.1, 0.15) is 11.8 Å². The standard InChI is InChI=1S/C36H41N7O4/c1-43(29-18-22-38-23-19-29)24-20-32(45)42-36(37)39-21-8-13-31(34(46)40-25-26-14-16-30(44)17-15-26)41-35(47)33(27-9-4-2-5-10-27)28-11-6-3-7-12-28/h2-7,9-12,14-19,22-23,31,33,44H,8,13,20-21,24-25H2,1H3,(H,40,46)(H,41,47)(H3,37,39,42,45)/t31-/m1/s1. The fourth-order valence-electron chi connectivity index (χ4n) is 4.97. The lowest BCUT2D eigenvalue weighted by Gasteiger charge is -2.23. The van der Waals surface area contributed by atoms with E-state index in [1.807, 2.05) is 84.7 Å². The van der Waals surface area contributed by atoms with Gasteiger partial charge in [-0.2, -0.15) is 0 Å². The van der Waals surface area contributed by atoms with Crippen molar-refractivity contribution in [2.24, 2.45) is 10.7 Å². The quantitative estimate of drug-likeness (QED) is 0.0759. The molecular weight excluding hydrogens is 594 g/mol. The van der Waals surface area contributed by atoms with Crippen LogP contribution in [0.2, 0.25) is 0 Å². The maximum Gasteiger partial charge on any atom is 0.242 e. The molecule has 3 aromatic carbocycles. The third-order valence-electron chi connectivity index (χ3n) is 7.54. The van der Waals surface area contributed by atoms with Crippen LogP contribution in [0.25, 0.3) is 0 Å². The van der Waals surface area contributed by atoms with Crippen molar-refractivity contribution >= 4 is 29.4 Å². The smallest absolute Gasteiger partial charge is 0.242 e. The molecule has 1 heterocycles. The SMILES string of the molecule is CN(CCC(=O)NC(N)=NCCC[C@@H](NC(=O)C(c1ccccc1)c1ccccc1)C(=O)NCc1ccc(O)cc1)c1ccncc1. The average molecular weight is 636 g/mol. The van der Waals surface area contributed by atoms with E-state index in [0.717, 1.165) is 22.4 Å². The lowest BCUT2D eigenvalue weighted by Crippen LogP contribution is -2.48. The first-order valence-electron chi connectivity index (χ1n) is 15.5. The Bertz CT molecular complexity index is 1560. The minimum absolute atomic E-state index is 0.00727. The minimum Gasteiger partial charge on any atom is -0.508 e. The number of aromatic hydroxyl groups is 1. The molecule has 3 amide bonds. The molecule has 244 valence electrons. The number of nitrogens with zero attached hydrogens (tertiary/aromatic N) is 3. The van der Waals surface area contributed by atoms with E-state index in [-0.39, 0.29) is 55.4 Å². The largest absolute Gasteiger partial charge is 0.508 e. The summed E-state index contributed by atoms with van der Waals surface area (Å²) in [6.07, 6.45) is 4.30. The van der Waals surface area contributed by atoms with Crippen LogP contribution in [0.4, 0.5) is 5.69 Å². The van der Waals surface area contributed by atoms with Crippen LogP contribution >= 0.6 is 0 Å². The Morgan fingerprint density at radius 1 is 0.872 bits per heavy atom. The molecule has 0 aliphatic heterocycles. The van der Waals surface area contributed by atoms with E-state index < -0.39 is 12.0 Å². The highest BCUT2D eigenvalue weighted by molar-refractivity contribution is 5.96. The summed E-state index contributed by atoms with van der Waals surface area (Å²) >= 11 is 0. The van der Waals surface area contributed by atoms with E-state index in [9.17, 15) is 19.5 Å². The Hall–Kier alpha value is -5.71. The Balaban J connectivity index is 1.37. The van der Waals surface area contributed by atoms with E-state index in [2.05, 4.69) is 25.9 Å². The van der Waals surface area contributed by atoms with Crippen molar-refractivity contribution in [2.75, 3.05) is 25.0 Å². The van der Waals surface area contributed by atoms with Crippen molar-refractivity contribution in [3.63, 3.8) is 0 Å². The van der Waals surface area contributed by atoms with E-state index in [1.165, 1.54) is 0 Å². The Morgan fingerprint density at radius 2 is 1.49 bits per heavy atom. The van der Waals surface area contributed by atoms with Crippen molar-refractivity contribution in [3.05, 3.63) is 126 Å². The van der Waals surface area contributed by atoms with Crippen LogP contribution in [-0.4, -0.2) is 60.0 Å². The highest BCUT2D eigenvalue weighted by Gasteiger charge is 2.27. The maximum absolute atomic E-state index is 13.8. The summed E-state index contributed by atoms with van der Waals surface area (Å²) in [5, 5.41) is 18.1. The molecule has 0 unspecified atom stereocenters. The number of phenols is 1. The van der Waals surface area contributed by atoms with Gasteiger partial charge in [0.2, 0.25) is 17.7 Å². The number of phenolic OH excluding ortho intramolecular Hbond substituents is 1. The first-order valence-corrected chi connectivity index (χ1v) is 15.5. The minimum atomic E-state index is -0.857. The molecule has 0 bridgehead atoms. The predicted molar refractivity (Wildman–Crippen MR) is 183 cm³/mol. The van der Waals surface area contributed by atoms with E-state index >= 15 is 0 Å². The number of anilines is 1. The molecule has 47 heavy (non-hydrogen) atoms. The van der Waals surface area contributed by atoms with Crippen molar-refractivity contribution in [3.8, 4) is 5.75 Å². The van der Waals surface area contributed by atoms with Crippen molar-refractivity contribution in [1.29, 1.82) is 0 Å². The number of rotatable bonds is 15. The van der Waals surface area contributed by atoms with Gasteiger partial charge in [0.05, 0.1) is 5.92 Å². The lowest BCUT2D eigenvalue weighted by molar-refractivity contribution is -0.129. The topological polar surface area (TPSA) is 162 Å². The van der Waals surface area contributed by atoms with Crippen molar-refractivity contribution < 1.29 is 19.5 Å². The van der Waals surface area contributed by atoms with Gasteiger partial charge in [0.25, 0.3) is 0 Å². The molecule has 0 aliphatic carbocycles. The first kappa shape index (κ1) is 34.2. The number of nitrogens with two attached hydrogens (primary N) is 1. The molecule has 4 rings (SSSR count). The molecule has 11 nitrogen and oxygen atoms in total. The second-order valence-corrected chi connectivity index (χ2v) is 11.0. The predicted octanol–water partition coefficient (Wildman–Crippen LogP) is 3.46. The molecule has 0 saturated heterocycles. The number of carbonyl (C=O) groups excluding carboxylic acids is 3. The van der Waals surface area contributed by atoms with Gasteiger partial charge < -0.3 is 26.4 Å². The number of aromatic nitrogens is 1. The molecular formula is C36H41N7O4. The summed E-state index contributed by atoms with van der Waals surface area (Å²) in [7, 11) is 1.89. The molecule has 0 aliphatic rings. The van der Waals surface area contributed by atoms with Crippen LogP contribution < -0.4 is 26.6 Å². The van der Waals surface area contributed by atoms with E-state index in [1.54, 1.807) is 36.7 Å². The molecule has 0 spiro atoms. The van der Waals surface area contributed by atoms with Crippen LogP contribution in [0.3, 0.4) is 0 Å². The summed E-state index contributed by atoms with van der Waals surface area (Å²) in [5.41, 5.74) is 9.33. The number of benzene rings is 3. The second-order valence-electron chi connectivity index (χ2n) is 11.0. The van der Waals surface area contributed by atoms with Gasteiger partial charge in [-0.1, -0.05) is 72.8 Å². The number of amides is 3. The summed E-state index contributed by atoms with van der Waals surface area (Å²) in [5.74, 6) is -1.42. The van der Waals surface area contributed by atoms with E-state index in [4.69, 9.17) is 5.73 Å². The van der Waals surface area contributed by atoms with E-state index in [0.29, 0.717) is 13.0 Å². The number of pyridine rings is 1. The first-order chi connectivity index (χ1) is 22.8. The van der Waals surface area contributed by atoms with Crippen LogP contribution in [0.5, 0.6) is 5.75 Å². The van der Waals surface area contributed by atoms with Gasteiger partial charge >= 0.3 is 0 Å². The van der Waals surface area contributed by atoms with Crippen LogP contribution in [0.1, 0.15) is 41.9 Å². The zero-order chi connectivity index (χ0) is 33.4. The number of hydrogen-bond acceptors (Lipinski definition) is 7. The van der Waals surface area contributed by atoms with Crippen LogP contribution in [0.15, 0.2) is 114 Å². The summed E-state index contributed by atoms with van der Waals surface area (Å²) in [6.45, 7) is 0.942. The number of nitrogens with one attached hydrogen (secondary N) is 3. The molecule has 6 N–H and O–H groups in total. The van der Waals surface area contributed by atoms with Gasteiger partial charge in [-0.05, 0) is 53.8 Å². The summed E-state index contributed by atoms with van der Waals surface area (Å²) < 4.78 is 0. The van der Waals surface area contributed by atoms with Gasteiger partial charge in [-0.15, -0.1) is 0 Å². The molecule has 0 saturated carbocycles. The summed E-state index contributed by atoms with van der Waals surface area (Å²) in [6, 6.07) is 28.2. The zero-order valence-corrected chi connectivity index (χ0v) is 26.4. The molecule has 0 radical (unpaired) electrons. The lowest BCUT2D eigenvalue weighted by atomic mass is 9.90.